The predicted molar refractivity (Wildman–Crippen MR) is 81.2 cm³/mol. The number of amides is 1. The van der Waals surface area contributed by atoms with Gasteiger partial charge in [0.25, 0.3) is 0 Å². The van der Waals surface area contributed by atoms with Gasteiger partial charge < -0.3 is 14.9 Å². The van der Waals surface area contributed by atoms with E-state index in [2.05, 4.69) is 30.9 Å². The minimum Gasteiger partial charge on any atom is -0.481 e. The van der Waals surface area contributed by atoms with Gasteiger partial charge in [-0.25, -0.2) is 0 Å². The molecule has 1 fully saturated rings. The van der Waals surface area contributed by atoms with E-state index >= 15 is 0 Å². The van der Waals surface area contributed by atoms with Gasteiger partial charge in [-0.15, -0.1) is 0 Å². The van der Waals surface area contributed by atoms with E-state index in [9.17, 15) is 9.59 Å². The number of rotatable bonds is 6. The molecule has 5 heteroatoms. The van der Waals surface area contributed by atoms with Gasteiger partial charge in [0.05, 0.1) is 5.92 Å². The Morgan fingerprint density at radius 3 is 2.38 bits per heavy atom. The van der Waals surface area contributed by atoms with Crippen molar-refractivity contribution in [3.05, 3.63) is 29.8 Å². The van der Waals surface area contributed by atoms with Crippen molar-refractivity contribution >= 4 is 17.6 Å². The Labute approximate surface area is 125 Å². The first-order chi connectivity index (χ1) is 10.0. The van der Waals surface area contributed by atoms with Crippen molar-refractivity contribution in [2.45, 2.75) is 26.8 Å². The van der Waals surface area contributed by atoms with Crippen LogP contribution in [0.1, 0.15) is 25.8 Å². The molecule has 1 saturated heterocycles. The summed E-state index contributed by atoms with van der Waals surface area (Å²) >= 11 is 0. The fraction of sp³-hybridized carbons (Fsp3) is 0.500. The third kappa shape index (κ3) is 3.54. The van der Waals surface area contributed by atoms with Gasteiger partial charge in [0, 0.05) is 38.3 Å². The fourth-order valence-corrected chi connectivity index (χ4v) is 2.71. The number of nitrogens with zero attached hydrogens (tertiary/aromatic N) is 2. The van der Waals surface area contributed by atoms with Crippen LogP contribution >= 0.6 is 0 Å². The van der Waals surface area contributed by atoms with Gasteiger partial charge in [-0.1, -0.05) is 12.1 Å². The van der Waals surface area contributed by atoms with Crippen LogP contribution in [0.2, 0.25) is 0 Å². The van der Waals surface area contributed by atoms with Gasteiger partial charge in [0.1, 0.15) is 0 Å². The Kier molecular flexibility index (Phi) is 4.83. The zero-order chi connectivity index (χ0) is 15.4. The van der Waals surface area contributed by atoms with Crippen LogP contribution in [0.5, 0.6) is 0 Å². The van der Waals surface area contributed by atoms with E-state index in [1.54, 1.807) is 4.90 Å². The number of likely N-dealkylation sites (tertiary alicyclic amines) is 1. The summed E-state index contributed by atoms with van der Waals surface area (Å²) in [6, 6.07) is 8.12. The van der Waals surface area contributed by atoms with Crippen LogP contribution in [-0.4, -0.2) is 41.5 Å². The van der Waals surface area contributed by atoms with Crippen LogP contribution in [-0.2, 0) is 16.1 Å². The highest BCUT2D eigenvalue weighted by Gasteiger charge is 2.33. The molecule has 2 rings (SSSR count). The number of hydrogen-bond acceptors (Lipinski definition) is 3. The highest BCUT2D eigenvalue weighted by molar-refractivity contribution is 5.86. The Morgan fingerprint density at radius 1 is 1.29 bits per heavy atom. The lowest BCUT2D eigenvalue weighted by molar-refractivity contribution is -0.141. The lowest BCUT2D eigenvalue weighted by Gasteiger charge is -2.22. The Morgan fingerprint density at radius 2 is 1.90 bits per heavy atom. The number of carbonyl (C=O) groups excluding carboxylic acids is 1. The van der Waals surface area contributed by atoms with E-state index in [-0.39, 0.29) is 12.3 Å². The number of carbonyl (C=O) groups is 2. The van der Waals surface area contributed by atoms with Crippen LogP contribution in [0.4, 0.5) is 5.69 Å². The minimum atomic E-state index is -0.886. The minimum absolute atomic E-state index is 0.0739. The highest BCUT2D eigenvalue weighted by atomic mass is 16.4. The smallest absolute Gasteiger partial charge is 0.308 e. The molecule has 1 heterocycles. The first-order valence-electron chi connectivity index (χ1n) is 7.39. The van der Waals surface area contributed by atoms with Crippen molar-refractivity contribution in [3.8, 4) is 0 Å². The fourth-order valence-electron chi connectivity index (χ4n) is 2.71. The van der Waals surface area contributed by atoms with Crippen molar-refractivity contribution in [3.63, 3.8) is 0 Å². The molecule has 114 valence electrons. The summed E-state index contributed by atoms with van der Waals surface area (Å²) in [5.41, 5.74) is 2.20. The maximum absolute atomic E-state index is 11.8. The van der Waals surface area contributed by atoms with Crippen LogP contribution < -0.4 is 4.90 Å². The molecular formula is C16H22N2O3. The van der Waals surface area contributed by atoms with Gasteiger partial charge >= 0.3 is 5.97 Å². The molecule has 1 amide bonds. The number of anilines is 1. The molecule has 0 unspecified atom stereocenters. The molecule has 1 aromatic rings. The second-order valence-corrected chi connectivity index (χ2v) is 5.35. The number of aliphatic carboxylic acids is 1. The second-order valence-electron chi connectivity index (χ2n) is 5.35. The van der Waals surface area contributed by atoms with Crippen LogP contribution in [0.15, 0.2) is 24.3 Å². The molecule has 1 aliphatic heterocycles. The van der Waals surface area contributed by atoms with E-state index in [1.807, 2.05) is 12.1 Å². The van der Waals surface area contributed by atoms with Gasteiger partial charge in [0.2, 0.25) is 5.91 Å². The molecule has 0 aromatic heterocycles. The van der Waals surface area contributed by atoms with E-state index in [4.69, 9.17) is 5.11 Å². The average molecular weight is 290 g/mol. The first-order valence-corrected chi connectivity index (χ1v) is 7.39. The summed E-state index contributed by atoms with van der Waals surface area (Å²) in [7, 11) is 0. The summed E-state index contributed by atoms with van der Waals surface area (Å²) in [6.07, 6.45) is 0.118. The monoisotopic (exact) mass is 290 g/mol. The Hall–Kier alpha value is -2.04. The molecule has 1 atom stereocenters. The van der Waals surface area contributed by atoms with Crippen molar-refractivity contribution in [2.24, 2.45) is 5.92 Å². The number of carboxylic acids is 1. The average Bonchev–Trinajstić information content (AvgIpc) is 2.84. The zero-order valence-electron chi connectivity index (χ0n) is 12.6. The molecule has 0 bridgehead atoms. The number of hydrogen-bond donors (Lipinski definition) is 1. The van der Waals surface area contributed by atoms with E-state index in [0.29, 0.717) is 13.1 Å². The van der Waals surface area contributed by atoms with Crippen molar-refractivity contribution in [2.75, 3.05) is 24.5 Å². The Bertz CT molecular complexity index is 509. The van der Waals surface area contributed by atoms with Crippen molar-refractivity contribution in [1.29, 1.82) is 0 Å². The molecule has 21 heavy (non-hydrogen) atoms. The molecule has 1 aliphatic rings. The van der Waals surface area contributed by atoms with E-state index in [1.165, 1.54) is 5.69 Å². The standard InChI is InChI=1S/C16H22N2O3/c1-3-17(4-2)14-7-5-12(6-8-14)10-18-11-13(16(20)21)9-15(18)19/h5-8,13H,3-4,9-11H2,1-2H3,(H,20,21)/t13-/m1/s1. The lowest BCUT2D eigenvalue weighted by atomic mass is 10.1. The molecule has 0 radical (unpaired) electrons. The number of carboxylic acid groups (broad SMARTS) is 1. The van der Waals surface area contributed by atoms with Gasteiger partial charge in [0.15, 0.2) is 0 Å². The van der Waals surface area contributed by atoms with Gasteiger partial charge in [-0.05, 0) is 31.5 Å². The summed E-state index contributed by atoms with van der Waals surface area (Å²) in [5.74, 6) is -1.52. The molecule has 0 spiro atoms. The Balaban J connectivity index is 2.01. The van der Waals surface area contributed by atoms with Crippen molar-refractivity contribution in [1.82, 2.24) is 4.90 Å². The van der Waals surface area contributed by atoms with Crippen molar-refractivity contribution < 1.29 is 14.7 Å². The van der Waals surface area contributed by atoms with E-state index in [0.717, 1.165) is 18.7 Å². The number of benzene rings is 1. The zero-order valence-corrected chi connectivity index (χ0v) is 12.6. The quantitative estimate of drug-likeness (QED) is 0.870. The summed E-state index contributed by atoms with van der Waals surface area (Å²) in [6.45, 7) is 6.95. The molecule has 5 nitrogen and oxygen atoms in total. The second kappa shape index (κ2) is 6.61. The third-order valence-electron chi connectivity index (χ3n) is 4.00. The summed E-state index contributed by atoms with van der Waals surface area (Å²) in [5, 5.41) is 8.98. The molecule has 0 aliphatic carbocycles. The first kappa shape index (κ1) is 15.4. The maximum atomic E-state index is 11.8. The largest absolute Gasteiger partial charge is 0.481 e. The van der Waals surface area contributed by atoms with Crippen LogP contribution in [0, 0.1) is 5.92 Å². The SMILES string of the molecule is CCN(CC)c1ccc(CN2C[C@H](C(=O)O)CC2=O)cc1. The molecule has 1 N–H and O–H groups in total. The molecule has 0 saturated carbocycles. The van der Waals surface area contributed by atoms with Crippen LogP contribution in [0.25, 0.3) is 0 Å². The third-order valence-corrected chi connectivity index (χ3v) is 4.00. The topological polar surface area (TPSA) is 60.9 Å². The van der Waals surface area contributed by atoms with Crippen LogP contribution in [0.3, 0.4) is 0 Å². The molecule has 1 aromatic carbocycles. The predicted octanol–water partition coefficient (Wildman–Crippen LogP) is 1.97. The lowest BCUT2D eigenvalue weighted by Crippen LogP contribution is -2.26. The summed E-state index contributed by atoms with van der Waals surface area (Å²) in [4.78, 5) is 26.6. The van der Waals surface area contributed by atoms with E-state index < -0.39 is 11.9 Å². The molecular weight excluding hydrogens is 268 g/mol. The highest BCUT2D eigenvalue weighted by Crippen LogP contribution is 2.21. The van der Waals surface area contributed by atoms with Gasteiger partial charge in [-0.3, -0.25) is 9.59 Å². The maximum Gasteiger partial charge on any atom is 0.308 e. The normalized spacial score (nSPS) is 18.1. The van der Waals surface area contributed by atoms with Gasteiger partial charge in [-0.2, -0.15) is 0 Å². The summed E-state index contributed by atoms with van der Waals surface area (Å²) < 4.78 is 0.